The molecule has 0 aliphatic heterocycles. The molecule has 5 atom stereocenters. The highest BCUT2D eigenvalue weighted by Crippen LogP contribution is 2.33. The van der Waals surface area contributed by atoms with Crippen molar-refractivity contribution in [1.82, 2.24) is 10.6 Å². The predicted molar refractivity (Wildman–Crippen MR) is 156 cm³/mol. The van der Waals surface area contributed by atoms with Crippen molar-refractivity contribution in [3.63, 3.8) is 0 Å². The summed E-state index contributed by atoms with van der Waals surface area (Å²) in [6, 6.07) is 0.451. The maximum Gasteiger partial charge on any atom is 0.334 e. The van der Waals surface area contributed by atoms with E-state index in [1.807, 2.05) is 6.92 Å². The van der Waals surface area contributed by atoms with E-state index in [0.29, 0.717) is 18.4 Å². The topological polar surface area (TPSA) is 194 Å². The molecule has 0 radical (unpaired) electrons. The molecule has 0 saturated heterocycles. The van der Waals surface area contributed by atoms with E-state index in [9.17, 15) is 29.1 Å². The van der Waals surface area contributed by atoms with Crippen LogP contribution in [0.4, 0.5) is 5.69 Å². The minimum Gasteiger partial charge on any atom is -0.423 e. The molecule has 0 bridgehead atoms. The quantitative estimate of drug-likeness (QED) is 0.160. The number of nitrogens with zero attached hydrogens (tertiary/aromatic N) is 1. The number of ether oxygens (including phenoxy) is 1. The van der Waals surface area contributed by atoms with Crippen molar-refractivity contribution < 1.29 is 33.8 Å². The van der Waals surface area contributed by atoms with Gasteiger partial charge in [0.1, 0.15) is 12.1 Å². The number of nitrogens with two attached hydrogens (primary N) is 2. The molecule has 0 aliphatic rings. The number of aryl methyl sites for hydroxylation is 1. The number of hydrogen-bond donors (Lipinski definition) is 5. The Balaban J connectivity index is 3.30. The number of imide groups is 1. The summed E-state index contributed by atoms with van der Waals surface area (Å²) >= 11 is 0. The summed E-state index contributed by atoms with van der Waals surface area (Å²) in [4.78, 5) is 65.9. The lowest BCUT2D eigenvalue weighted by Crippen LogP contribution is -2.56. The standard InChI is InChI=1S/C29H47N5O7/c1-9-11-20(35)14-22(36)32-23(15(2)3)26(37)33-24(16(4)5)29(40)41-21-13-10-12-17(6)25(21)34(27(38)18(7)30)28(39)19(8)31/h10,12-13,15-16,18-20,23-24,35H,9,11,14,30-31H2,1-8H3,(H,32,36)(H,33,37)/t18-,19-,20?,23-,24-/m0/s1. The molecule has 0 heterocycles. The lowest BCUT2D eigenvalue weighted by molar-refractivity contribution is -0.141. The number of carbonyl (C=O) groups excluding carboxylic acids is 5. The van der Waals surface area contributed by atoms with Crippen molar-refractivity contribution in [3.05, 3.63) is 23.8 Å². The molecule has 0 aromatic heterocycles. The minimum atomic E-state index is -1.14. The smallest absolute Gasteiger partial charge is 0.334 e. The van der Waals surface area contributed by atoms with E-state index in [0.717, 1.165) is 4.90 Å². The molecule has 12 nitrogen and oxygen atoms in total. The Hall–Kier alpha value is -3.35. The van der Waals surface area contributed by atoms with Crippen molar-refractivity contribution in [1.29, 1.82) is 0 Å². The largest absolute Gasteiger partial charge is 0.423 e. The van der Waals surface area contributed by atoms with Crippen LogP contribution in [0.5, 0.6) is 5.75 Å². The van der Waals surface area contributed by atoms with Gasteiger partial charge in [0.25, 0.3) is 11.8 Å². The summed E-state index contributed by atoms with van der Waals surface area (Å²) in [5, 5.41) is 15.3. The third-order valence-corrected chi connectivity index (χ3v) is 6.38. The van der Waals surface area contributed by atoms with Gasteiger partial charge in [0.2, 0.25) is 11.8 Å². The first-order valence-corrected chi connectivity index (χ1v) is 14.0. The van der Waals surface area contributed by atoms with E-state index in [-0.39, 0.29) is 23.8 Å². The van der Waals surface area contributed by atoms with Crippen molar-refractivity contribution in [2.24, 2.45) is 23.3 Å². The molecule has 1 aromatic carbocycles. The second kappa shape index (κ2) is 16.2. The van der Waals surface area contributed by atoms with Crippen LogP contribution in [0.3, 0.4) is 0 Å². The van der Waals surface area contributed by atoms with Gasteiger partial charge < -0.3 is 31.9 Å². The first kappa shape index (κ1) is 35.7. The number of carbonyl (C=O) groups is 5. The molecule has 1 aromatic rings. The van der Waals surface area contributed by atoms with Gasteiger partial charge in [0.05, 0.1) is 30.3 Å². The summed E-state index contributed by atoms with van der Waals surface area (Å²) in [5.74, 6) is -4.21. The van der Waals surface area contributed by atoms with Gasteiger partial charge in [-0.1, -0.05) is 53.2 Å². The number of anilines is 1. The van der Waals surface area contributed by atoms with Crippen LogP contribution in [0.15, 0.2) is 18.2 Å². The first-order chi connectivity index (χ1) is 19.0. The van der Waals surface area contributed by atoms with Gasteiger partial charge >= 0.3 is 5.97 Å². The number of amides is 4. The first-order valence-electron chi connectivity index (χ1n) is 14.0. The van der Waals surface area contributed by atoms with E-state index < -0.39 is 65.8 Å². The molecule has 7 N–H and O–H groups in total. The van der Waals surface area contributed by atoms with Gasteiger partial charge in [0.15, 0.2) is 5.75 Å². The van der Waals surface area contributed by atoms with E-state index >= 15 is 0 Å². The lowest BCUT2D eigenvalue weighted by Gasteiger charge is -2.29. The number of nitrogens with one attached hydrogen (secondary N) is 2. The number of benzene rings is 1. The Bertz CT molecular complexity index is 1070. The molecule has 4 amide bonds. The monoisotopic (exact) mass is 577 g/mol. The average molecular weight is 578 g/mol. The number of rotatable bonds is 14. The van der Waals surface area contributed by atoms with Crippen LogP contribution in [0.25, 0.3) is 0 Å². The molecule has 1 unspecified atom stereocenters. The Morgan fingerprint density at radius 1 is 0.902 bits per heavy atom. The van der Waals surface area contributed by atoms with Gasteiger partial charge in [-0.15, -0.1) is 0 Å². The Kier molecular flexibility index (Phi) is 14.1. The van der Waals surface area contributed by atoms with E-state index in [1.165, 1.54) is 19.9 Å². The number of hydrogen-bond acceptors (Lipinski definition) is 9. The summed E-state index contributed by atoms with van der Waals surface area (Å²) < 4.78 is 5.69. The van der Waals surface area contributed by atoms with Crippen molar-refractivity contribution >= 4 is 35.3 Å². The number of para-hydroxylation sites is 1. The molecule has 0 saturated carbocycles. The maximum absolute atomic E-state index is 13.4. The van der Waals surface area contributed by atoms with Gasteiger partial charge in [0, 0.05) is 0 Å². The van der Waals surface area contributed by atoms with E-state index in [4.69, 9.17) is 16.2 Å². The fourth-order valence-electron chi connectivity index (χ4n) is 4.07. The number of esters is 1. The Labute approximate surface area is 242 Å². The average Bonchev–Trinajstić information content (AvgIpc) is 2.86. The summed E-state index contributed by atoms with van der Waals surface area (Å²) in [5.41, 5.74) is 12.1. The van der Waals surface area contributed by atoms with Crippen molar-refractivity contribution in [3.8, 4) is 5.75 Å². The highest BCUT2D eigenvalue weighted by atomic mass is 16.5. The van der Waals surface area contributed by atoms with Crippen LogP contribution in [-0.2, 0) is 24.0 Å². The molecule has 0 fully saturated rings. The predicted octanol–water partition coefficient (Wildman–Crippen LogP) is 1.29. The van der Waals surface area contributed by atoms with Crippen molar-refractivity contribution in [2.45, 2.75) is 105 Å². The SMILES string of the molecule is CCCC(O)CC(=O)N[C@H](C(=O)N[C@H](C(=O)Oc1cccc(C)c1N(C(=O)[C@H](C)N)C(=O)[C@H](C)N)C(C)C)C(C)C. The number of aliphatic hydroxyl groups is 1. The summed E-state index contributed by atoms with van der Waals surface area (Å²) in [6.07, 6.45) is 0.199. The highest BCUT2D eigenvalue weighted by molar-refractivity contribution is 6.19. The molecule has 12 heteroatoms. The Morgan fingerprint density at radius 3 is 1.90 bits per heavy atom. The Morgan fingerprint density at radius 2 is 1.44 bits per heavy atom. The zero-order chi connectivity index (χ0) is 31.6. The van der Waals surface area contributed by atoms with E-state index in [2.05, 4.69) is 10.6 Å². The molecule has 1 rings (SSSR count). The second-order valence-electron chi connectivity index (χ2n) is 11.1. The third kappa shape index (κ3) is 10.2. The van der Waals surface area contributed by atoms with Crippen LogP contribution in [0, 0.1) is 18.8 Å². The molecule has 0 spiro atoms. The summed E-state index contributed by atoms with van der Waals surface area (Å²) in [6.45, 7) is 13.3. The zero-order valence-electron chi connectivity index (χ0n) is 25.4. The molecular formula is C29H47N5O7. The molecule has 230 valence electrons. The van der Waals surface area contributed by atoms with Crippen molar-refractivity contribution in [2.75, 3.05) is 4.90 Å². The fraction of sp³-hybridized carbons (Fsp3) is 0.621. The van der Waals surface area contributed by atoms with Crippen LogP contribution >= 0.6 is 0 Å². The molecular weight excluding hydrogens is 530 g/mol. The van der Waals surface area contributed by atoms with Gasteiger partial charge in [-0.2, -0.15) is 0 Å². The van der Waals surface area contributed by atoms with Crippen LogP contribution in [-0.4, -0.2) is 65.0 Å². The third-order valence-electron chi connectivity index (χ3n) is 6.38. The highest BCUT2D eigenvalue weighted by Gasteiger charge is 2.35. The molecule has 0 aliphatic carbocycles. The number of aliphatic hydroxyl groups excluding tert-OH is 1. The van der Waals surface area contributed by atoms with E-state index in [1.54, 1.807) is 46.8 Å². The fourth-order valence-corrected chi connectivity index (χ4v) is 4.07. The molecule has 41 heavy (non-hydrogen) atoms. The lowest BCUT2D eigenvalue weighted by atomic mass is 9.99. The second-order valence-corrected chi connectivity index (χ2v) is 11.1. The van der Waals surface area contributed by atoms with Gasteiger partial charge in [-0.05, 0) is 50.7 Å². The van der Waals surface area contributed by atoms with Crippen LogP contribution in [0.2, 0.25) is 0 Å². The minimum absolute atomic E-state index is 0.0252. The summed E-state index contributed by atoms with van der Waals surface area (Å²) in [7, 11) is 0. The maximum atomic E-state index is 13.4. The van der Waals surface area contributed by atoms with Gasteiger partial charge in [-0.3, -0.25) is 19.2 Å². The van der Waals surface area contributed by atoms with Gasteiger partial charge in [-0.25, -0.2) is 9.69 Å². The normalized spacial score (nSPS) is 15.0. The van der Waals surface area contributed by atoms with Crippen LogP contribution < -0.4 is 31.7 Å². The zero-order valence-corrected chi connectivity index (χ0v) is 25.4. The van der Waals surface area contributed by atoms with Crippen LogP contribution in [0.1, 0.15) is 73.3 Å².